The van der Waals surface area contributed by atoms with E-state index in [0.29, 0.717) is 0 Å². The number of guanidine groups is 1. The number of thiophene rings is 1. The number of aliphatic imine (C=N–C) groups is 1. The van der Waals surface area contributed by atoms with Crippen LogP contribution in [0.15, 0.2) is 16.4 Å². The summed E-state index contributed by atoms with van der Waals surface area (Å²) in [7, 11) is 0. The predicted molar refractivity (Wildman–Crippen MR) is 123 cm³/mol. The third-order valence-electron chi connectivity index (χ3n) is 4.75. The summed E-state index contributed by atoms with van der Waals surface area (Å²) in [5.41, 5.74) is 1.32. The van der Waals surface area contributed by atoms with Crippen LogP contribution >= 0.6 is 35.3 Å². The summed E-state index contributed by atoms with van der Waals surface area (Å²) in [4.78, 5) is 6.03. The first-order valence-corrected chi connectivity index (χ1v) is 10.6. The first-order valence-electron chi connectivity index (χ1n) is 9.74. The monoisotopic (exact) mass is 502 g/mol. The van der Waals surface area contributed by atoms with E-state index in [1.54, 1.807) is 11.3 Å². The van der Waals surface area contributed by atoms with Crippen LogP contribution in [0.3, 0.4) is 0 Å². The van der Waals surface area contributed by atoms with Gasteiger partial charge in [0.25, 0.3) is 0 Å². The molecule has 0 atom stereocenters. The smallest absolute Gasteiger partial charge is 0.191 e. The van der Waals surface area contributed by atoms with Crippen LogP contribution in [0.25, 0.3) is 0 Å². The van der Waals surface area contributed by atoms with E-state index in [0.717, 1.165) is 57.2 Å². The van der Waals surface area contributed by atoms with Gasteiger partial charge in [-0.3, -0.25) is 0 Å². The molecule has 27 heavy (non-hydrogen) atoms. The zero-order valence-electron chi connectivity index (χ0n) is 16.3. The number of halogens is 1. The van der Waals surface area contributed by atoms with Crippen molar-refractivity contribution >= 4 is 41.3 Å². The van der Waals surface area contributed by atoms with E-state index in [1.807, 2.05) is 0 Å². The molecule has 0 aromatic carbocycles. The summed E-state index contributed by atoms with van der Waals surface area (Å²) >= 11 is 1.77. The van der Waals surface area contributed by atoms with Gasteiger partial charge in [-0.15, -0.1) is 45.5 Å². The van der Waals surface area contributed by atoms with Crippen molar-refractivity contribution in [2.24, 2.45) is 4.99 Å². The van der Waals surface area contributed by atoms with Gasteiger partial charge in [-0.05, 0) is 50.1 Å². The van der Waals surface area contributed by atoms with Gasteiger partial charge in [0, 0.05) is 37.4 Å². The number of aryl methyl sites for hydroxylation is 3. The minimum Gasteiger partial charge on any atom is -0.357 e. The molecule has 0 unspecified atom stereocenters. The van der Waals surface area contributed by atoms with Crippen molar-refractivity contribution in [2.45, 2.75) is 65.5 Å². The van der Waals surface area contributed by atoms with Crippen LogP contribution < -0.4 is 10.6 Å². The SMILES string of the molecule is CCNC(=NCc1sccc1C)NCCCc1nnc2n1CCCCC2.I. The quantitative estimate of drug-likeness (QED) is 0.263. The second-order valence-electron chi connectivity index (χ2n) is 6.75. The molecule has 150 valence electrons. The molecule has 0 fully saturated rings. The van der Waals surface area contributed by atoms with Crippen LogP contribution in [0.2, 0.25) is 0 Å². The molecule has 0 aliphatic carbocycles. The molecule has 2 N–H and O–H groups in total. The molecular formula is C19H31IN6S. The van der Waals surface area contributed by atoms with E-state index in [4.69, 9.17) is 4.99 Å². The van der Waals surface area contributed by atoms with Crippen LogP contribution in [0, 0.1) is 6.92 Å². The van der Waals surface area contributed by atoms with Crippen LogP contribution in [-0.2, 0) is 25.9 Å². The largest absolute Gasteiger partial charge is 0.357 e. The Labute approximate surface area is 183 Å². The lowest BCUT2D eigenvalue weighted by Crippen LogP contribution is -2.37. The molecular weight excluding hydrogens is 471 g/mol. The van der Waals surface area contributed by atoms with Crippen LogP contribution in [0.4, 0.5) is 0 Å². The molecule has 8 heteroatoms. The zero-order chi connectivity index (χ0) is 18.2. The molecule has 0 amide bonds. The van der Waals surface area contributed by atoms with Gasteiger partial charge in [-0.25, -0.2) is 4.99 Å². The minimum atomic E-state index is 0. The Morgan fingerprint density at radius 3 is 2.93 bits per heavy atom. The normalized spacial score (nSPS) is 14.2. The topological polar surface area (TPSA) is 67.1 Å². The Balaban J connectivity index is 0.00000261. The second-order valence-corrected chi connectivity index (χ2v) is 7.75. The number of nitrogens with one attached hydrogen (secondary N) is 2. The van der Waals surface area contributed by atoms with Gasteiger partial charge in [0.05, 0.1) is 6.54 Å². The van der Waals surface area contributed by atoms with Gasteiger partial charge < -0.3 is 15.2 Å². The molecule has 2 aromatic rings. The molecule has 0 saturated heterocycles. The van der Waals surface area contributed by atoms with Gasteiger partial charge in [0.2, 0.25) is 0 Å². The van der Waals surface area contributed by atoms with Crippen molar-refractivity contribution < 1.29 is 0 Å². The lowest BCUT2D eigenvalue weighted by atomic mass is 10.2. The van der Waals surface area contributed by atoms with Crippen molar-refractivity contribution in [1.82, 2.24) is 25.4 Å². The maximum atomic E-state index is 4.71. The Kier molecular flexibility index (Phi) is 9.53. The van der Waals surface area contributed by atoms with E-state index >= 15 is 0 Å². The molecule has 0 radical (unpaired) electrons. The van der Waals surface area contributed by atoms with Gasteiger partial charge >= 0.3 is 0 Å². The lowest BCUT2D eigenvalue weighted by molar-refractivity contribution is 0.594. The average molecular weight is 502 g/mol. The standard InChI is InChI=1S/C19H30N6S.HI/c1-3-20-19(22-14-16-15(2)10-13-26-16)21-11-7-9-18-24-23-17-8-5-4-6-12-25(17)18;/h10,13H,3-9,11-12,14H2,1-2H3,(H2,20,21,22);1H. The van der Waals surface area contributed by atoms with Crippen molar-refractivity contribution in [3.8, 4) is 0 Å². The molecule has 0 bridgehead atoms. The van der Waals surface area contributed by atoms with E-state index in [9.17, 15) is 0 Å². The number of hydrogen-bond donors (Lipinski definition) is 2. The summed E-state index contributed by atoms with van der Waals surface area (Å²) < 4.78 is 2.34. The highest BCUT2D eigenvalue weighted by Gasteiger charge is 2.14. The third kappa shape index (κ3) is 6.44. The van der Waals surface area contributed by atoms with Crippen LogP contribution in [0.5, 0.6) is 0 Å². The van der Waals surface area contributed by atoms with Crippen LogP contribution in [-0.4, -0.2) is 33.8 Å². The zero-order valence-corrected chi connectivity index (χ0v) is 19.5. The minimum absolute atomic E-state index is 0. The molecule has 6 nitrogen and oxygen atoms in total. The van der Waals surface area contributed by atoms with Crippen molar-refractivity contribution in [2.75, 3.05) is 13.1 Å². The molecule has 3 rings (SSSR count). The second kappa shape index (κ2) is 11.6. The highest BCUT2D eigenvalue weighted by Crippen LogP contribution is 2.16. The van der Waals surface area contributed by atoms with E-state index in [-0.39, 0.29) is 24.0 Å². The number of fused-ring (bicyclic) bond motifs is 1. The van der Waals surface area contributed by atoms with Gasteiger partial charge in [-0.2, -0.15) is 0 Å². The number of rotatable bonds is 7. The Morgan fingerprint density at radius 2 is 2.15 bits per heavy atom. The maximum Gasteiger partial charge on any atom is 0.191 e. The van der Waals surface area contributed by atoms with E-state index in [1.165, 1.54) is 35.5 Å². The van der Waals surface area contributed by atoms with Gasteiger partial charge in [0.15, 0.2) is 5.96 Å². The fraction of sp³-hybridized carbons (Fsp3) is 0.632. The Bertz CT molecular complexity index is 724. The summed E-state index contributed by atoms with van der Waals surface area (Å²) in [6.07, 6.45) is 6.85. The third-order valence-corrected chi connectivity index (χ3v) is 5.76. The Morgan fingerprint density at radius 1 is 1.26 bits per heavy atom. The molecule has 1 aliphatic heterocycles. The van der Waals surface area contributed by atoms with Crippen molar-refractivity contribution in [3.05, 3.63) is 33.5 Å². The summed E-state index contributed by atoms with van der Waals surface area (Å²) in [5, 5.41) is 17.7. The molecule has 0 spiro atoms. The van der Waals surface area contributed by atoms with Crippen LogP contribution in [0.1, 0.15) is 54.7 Å². The highest BCUT2D eigenvalue weighted by molar-refractivity contribution is 14.0. The number of nitrogens with zero attached hydrogens (tertiary/aromatic N) is 4. The number of aromatic nitrogens is 3. The Hall–Kier alpha value is -1.16. The molecule has 1 aliphatic rings. The fourth-order valence-electron chi connectivity index (χ4n) is 3.24. The van der Waals surface area contributed by atoms with Crippen molar-refractivity contribution in [3.63, 3.8) is 0 Å². The summed E-state index contributed by atoms with van der Waals surface area (Å²) in [6, 6.07) is 2.15. The highest BCUT2D eigenvalue weighted by atomic mass is 127. The predicted octanol–water partition coefficient (Wildman–Crippen LogP) is 3.68. The molecule has 3 heterocycles. The number of hydrogen-bond acceptors (Lipinski definition) is 4. The summed E-state index contributed by atoms with van der Waals surface area (Å²) in [5.74, 6) is 3.20. The van der Waals surface area contributed by atoms with E-state index in [2.05, 4.69) is 50.7 Å². The fourth-order valence-corrected chi connectivity index (χ4v) is 4.07. The first kappa shape index (κ1) is 22.1. The first-order chi connectivity index (χ1) is 12.8. The van der Waals surface area contributed by atoms with Crippen molar-refractivity contribution in [1.29, 1.82) is 0 Å². The lowest BCUT2D eigenvalue weighted by Gasteiger charge is -2.11. The molecule has 2 aromatic heterocycles. The maximum absolute atomic E-state index is 4.71. The average Bonchev–Trinajstić information content (AvgIpc) is 3.14. The molecule has 0 saturated carbocycles. The summed E-state index contributed by atoms with van der Waals surface area (Å²) in [6.45, 7) is 7.80. The van der Waals surface area contributed by atoms with Gasteiger partial charge in [-0.1, -0.05) is 6.42 Å². The van der Waals surface area contributed by atoms with Gasteiger partial charge in [0.1, 0.15) is 11.6 Å². The van der Waals surface area contributed by atoms with E-state index < -0.39 is 0 Å².